The lowest BCUT2D eigenvalue weighted by atomic mass is 10.2. The van der Waals surface area contributed by atoms with Crippen LogP contribution < -0.4 is 0 Å². The lowest BCUT2D eigenvalue weighted by Gasteiger charge is -2.30. The first kappa shape index (κ1) is 17.1. The molecule has 2 atom stereocenters. The molecule has 1 aliphatic heterocycles. The van der Waals surface area contributed by atoms with E-state index >= 15 is 0 Å². The van der Waals surface area contributed by atoms with E-state index in [-0.39, 0.29) is 17.6 Å². The van der Waals surface area contributed by atoms with Gasteiger partial charge in [-0.15, -0.1) is 0 Å². The minimum atomic E-state index is -3.78. The molecule has 0 aliphatic carbocycles. The van der Waals surface area contributed by atoms with Crippen LogP contribution in [0.2, 0.25) is 0 Å². The number of benzene rings is 2. The highest BCUT2D eigenvalue weighted by molar-refractivity contribution is 7.86. The van der Waals surface area contributed by atoms with E-state index in [9.17, 15) is 8.42 Å². The molecule has 3 rings (SSSR count). The van der Waals surface area contributed by atoms with Crippen molar-refractivity contribution in [3.8, 4) is 0 Å². The minimum absolute atomic E-state index is 0.0249. The van der Waals surface area contributed by atoms with Crippen LogP contribution >= 0.6 is 0 Å². The van der Waals surface area contributed by atoms with Crippen LogP contribution in [0.1, 0.15) is 23.8 Å². The normalized spacial score (nSPS) is 21.5. The Kier molecular flexibility index (Phi) is 5.30. The monoisotopic (exact) mass is 348 g/mol. The van der Waals surface area contributed by atoms with Crippen molar-refractivity contribution in [1.29, 1.82) is 0 Å². The first-order valence-electron chi connectivity index (χ1n) is 7.83. The van der Waals surface area contributed by atoms with E-state index in [2.05, 4.69) is 0 Å². The van der Waals surface area contributed by atoms with Gasteiger partial charge in [0, 0.05) is 5.56 Å². The van der Waals surface area contributed by atoms with Gasteiger partial charge in [0.15, 0.2) is 6.29 Å². The van der Waals surface area contributed by atoms with E-state index in [0.717, 1.165) is 11.1 Å². The van der Waals surface area contributed by atoms with Gasteiger partial charge in [-0.1, -0.05) is 48.0 Å². The first-order chi connectivity index (χ1) is 11.5. The van der Waals surface area contributed by atoms with Gasteiger partial charge < -0.3 is 9.47 Å². The molecule has 5 nitrogen and oxygen atoms in total. The Morgan fingerprint density at radius 3 is 2.50 bits per heavy atom. The molecule has 0 radical (unpaired) electrons. The number of hydrogen-bond donors (Lipinski definition) is 0. The summed E-state index contributed by atoms with van der Waals surface area (Å²) in [6.45, 7) is 2.37. The molecule has 24 heavy (non-hydrogen) atoms. The number of hydrogen-bond acceptors (Lipinski definition) is 5. The van der Waals surface area contributed by atoms with Crippen LogP contribution in [0.15, 0.2) is 59.5 Å². The molecule has 0 bridgehead atoms. The Morgan fingerprint density at radius 1 is 1.08 bits per heavy atom. The molecule has 0 saturated carbocycles. The zero-order chi connectivity index (χ0) is 17.0. The Labute approximate surface area is 142 Å². The van der Waals surface area contributed by atoms with Crippen molar-refractivity contribution >= 4 is 10.1 Å². The Bertz CT molecular complexity index is 756. The van der Waals surface area contributed by atoms with Crippen molar-refractivity contribution in [2.45, 2.75) is 30.6 Å². The molecule has 128 valence electrons. The fourth-order valence-corrected chi connectivity index (χ4v) is 3.37. The van der Waals surface area contributed by atoms with Crippen molar-refractivity contribution < 1.29 is 22.1 Å². The summed E-state index contributed by atoms with van der Waals surface area (Å²) < 4.78 is 41.0. The predicted octanol–water partition coefficient (Wildman–Crippen LogP) is 3.20. The summed E-state index contributed by atoms with van der Waals surface area (Å²) in [7, 11) is -3.78. The second kappa shape index (κ2) is 7.44. The zero-order valence-corrected chi connectivity index (χ0v) is 14.2. The molecule has 1 heterocycles. The quantitative estimate of drug-likeness (QED) is 0.777. The van der Waals surface area contributed by atoms with E-state index < -0.39 is 16.4 Å². The van der Waals surface area contributed by atoms with Crippen molar-refractivity contribution in [2.24, 2.45) is 0 Å². The summed E-state index contributed by atoms with van der Waals surface area (Å²) in [4.78, 5) is 0.153. The van der Waals surface area contributed by atoms with Crippen LogP contribution in [-0.4, -0.2) is 27.7 Å². The summed E-state index contributed by atoms with van der Waals surface area (Å²) in [6.07, 6.45) is -0.230. The van der Waals surface area contributed by atoms with Gasteiger partial charge in [0.1, 0.15) is 0 Å². The van der Waals surface area contributed by atoms with E-state index in [4.69, 9.17) is 13.7 Å². The van der Waals surface area contributed by atoms with Crippen LogP contribution in [0.25, 0.3) is 0 Å². The van der Waals surface area contributed by atoms with E-state index in [1.165, 1.54) is 0 Å². The molecule has 1 aliphatic rings. The maximum atomic E-state index is 12.2. The van der Waals surface area contributed by atoms with E-state index in [1.807, 2.05) is 37.3 Å². The largest absolute Gasteiger partial charge is 0.348 e. The number of ether oxygens (including phenoxy) is 2. The topological polar surface area (TPSA) is 61.8 Å². The zero-order valence-electron chi connectivity index (χ0n) is 13.4. The standard InChI is InChI=1S/C18H20O5S/c1-14-7-9-17(10-8-14)24(19,20)22-13-16-11-12-21-18(23-16)15-5-3-2-4-6-15/h2-10,16,18H,11-13H2,1H3/t16-,18-/m1/s1. The number of rotatable bonds is 5. The van der Waals surface area contributed by atoms with E-state index in [1.54, 1.807) is 24.3 Å². The van der Waals surface area contributed by atoms with Crippen LogP contribution in [0.3, 0.4) is 0 Å². The molecule has 1 fully saturated rings. The maximum Gasteiger partial charge on any atom is 0.297 e. The van der Waals surface area contributed by atoms with Crippen molar-refractivity contribution in [2.75, 3.05) is 13.2 Å². The van der Waals surface area contributed by atoms with Crippen molar-refractivity contribution in [3.63, 3.8) is 0 Å². The smallest absolute Gasteiger partial charge is 0.297 e. The fraction of sp³-hybridized carbons (Fsp3) is 0.333. The van der Waals surface area contributed by atoms with Gasteiger partial charge in [0.05, 0.1) is 24.2 Å². The Morgan fingerprint density at radius 2 is 1.79 bits per heavy atom. The molecular weight excluding hydrogens is 328 g/mol. The van der Waals surface area contributed by atoms with Crippen molar-refractivity contribution in [1.82, 2.24) is 0 Å². The third-order valence-electron chi connectivity index (χ3n) is 3.82. The van der Waals surface area contributed by atoms with Crippen LogP contribution in [0.5, 0.6) is 0 Å². The average molecular weight is 348 g/mol. The molecular formula is C18H20O5S. The van der Waals surface area contributed by atoms with Crippen LogP contribution in [0.4, 0.5) is 0 Å². The molecule has 0 spiro atoms. The Hall–Kier alpha value is -1.73. The van der Waals surface area contributed by atoms with Gasteiger partial charge in [-0.2, -0.15) is 8.42 Å². The third-order valence-corrected chi connectivity index (χ3v) is 5.11. The first-order valence-corrected chi connectivity index (χ1v) is 9.23. The maximum absolute atomic E-state index is 12.2. The van der Waals surface area contributed by atoms with Crippen molar-refractivity contribution in [3.05, 3.63) is 65.7 Å². The van der Waals surface area contributed by atoms with Gasteiger partial charge in [-0.3, -0.25) is 4.18 Å². The van der Waals surface area contributed by atoms with Gasteiger partial charge in [-0.25, -0.2) is 0 Å². The lowest BCUT2D eigenvalue weighted by molar-refractivity contribution is -0.222. The summed E-state index contributed by atoms with van der Waals surface area (Å²) in [5.41, 5.74) is 1.90. The average Bonchev–Trinajstić information content (AvgIpc) is 2.61. The predicted molar refractivity (Wildman–Crippen MR) is 88.9 cm³/mol. The second-order valence-corrected chi connectivity index (χ2v) is 7.33. The molecule has 0 amide bonds. The molecule has 1 saturated heterocycles. The third kappa shape index (κ3) is 4.21. The van der Waals surface area contributed by atoms with Gasteiger partial charge in [0.25, 0.3) is 10.1 Å². The number of aryl methyl sites for hydroxylation is 1. The molecule has 2 aromatic carbocycles. The molecule has 6 heteroatoms. The molecule has 0 aromatic heterocycles. The fourth-order valence-electron chi connectivity index (χ4n) is 2.43. The van der Waals surface area contributed by atoms with Crippen LogP contribution in [-0.2, 0) is 23.8 Å². The van der Waals surface area contributed by atoms with E-state index in [0.29, 0.717) is 13.0 Å². The lowest BCUT2D eigenvalue weighted by Crippen LogP contribution is -2.31. The Balaban J connectivity index is 1.61. The minimum Gasteiger partial charge on any atom is -0.348 e. The molecule has 0 unspecified atom stereocenters. The second-order valence-electron chi connectivity index (χ2n) is 5.71. The highest BCUT2D eigenvalue weighted by atomic mass is 32.2. The van der Waals surface area contributed by atoms with Gasteiger partial charge >= 0.3 is 0 Å². The highest BCUT2D eigenvalue weighted by Gasteiger charge is 2.26. The highest BCUT2D eigenvalue weighted by Crippen LogP contribution is 2.26. The molecule has 0 N–H and O–H groups in total. The summed E-state index contributed by atoms with van der Waals surface area (Å²) in [5.74, 6) is 0. The molecule has 2 aromatic rings. The van der Waals surface area contributed by atoms with Gasteiger partial charge in [-0.05, 0) is 25.5 Å². The summed E-state index contributed by atoms with van der Waals surface area (Å²) in [6, 6.07) is 16.1. The SMILES string of the molecule is Cc1ccc(S(=O)(=O)OC[C@H]2CCO[C@@H](c3ccccc3)O2)cc1. The summed E-state index contributed by atoms with van der Waals surface area (Å²) >= 11 is 0. The van der Waals surface area contributed by atoms with Gasteiger partial charge in [0.2, 0.25) is 0 Å². The van der Waals surface area contributed by atoms with Crippen LogP contribution in [0, 0.1) is 6.92 Å². The summed E-state index contributed by atoms with van der Waals surface area (Å²) in [5, 5.41) is 0.